The van der Waals surface area contributed by atoms with Gasteiger partial charge < -0.3 is 29.3 Å². The first-order valence-electron chi connectivity index (χ1n) is 9.61. The molecule has 0 bridgehead atoms. The van der Waals surface area contributed by atoms with Gasteiger partial charge in [-0.1, -0.05) is 0 Å². The SMILES string of the molecule is CCN(C)C(=S)N(C)c1ccc2ncc(Nc3cc(OC)c(OC)c(OC)c3)nc2n1. The number of hydrogen-bond donors (Lipinski definition) is 1. The topological polar surface area (TPSA) is 84.9 Å². The van der Waals surface area contributed by atoms with E-state index in [0.717, 1.165) is 6.54 Å². The van der Waals surface area contributed by atoms with Gasteiger partial charge in [-0.05, 0) is 31.3 Å². The number of nitrogens with zero attached hydrogens (tertiary/aromatic N) is 5. The maximum atomic E-state index is 5.51. The van der Waals surface area contributed by atoms with Crippen LogP contribution in [0.4, 0.5) is 17.3 Å². The Labute approximate surface area is 187 Å². The number of thiocarbonyl (C=S) groups is 1. The van der Waals surface area contributed by atoms with Crippen LogP contribution < -0.4 is 24.4 Å². The molecule has 0 radical (unpaired) electrons. The van der Waals surface area contributed by atoms with Gasteiger partial charge in [-0.3, -0.25) is 0 Å². The summed E-state index contributed by atoms with van der Waals surface area (Å²) in [7, 11) is 8.53. The number of fused-ring (bicyclic) bond motifs is 1. The second kappa shape index (κ2) is 9.61. The molecule has 0 saturated carbocycles. The van der Waals surface area contributed by atoms with E-state index in [0.29, 0.717) is 50.8 Å². The molecule has 10 heteroatoms. The fraction of sp³-hybridized carbons (Fsp3) is 0.333. The van der Waals surface area contributed by atoms with Crippen LogP contribution in [0.25, 0.3) is 11.2 Å². The van der Waals surface area contributed by atoms with E-state index in [2.05, 4.69) is 20.3 Å². The quantitative estimate of drug-likeness (QED) is 0.549. The maximum Gasteiger partial charge on any atom is 0.203 e. The van der Waals surface area contributed by atoms with Crippen LogP contribution in [-0.4, -0.2) is 66.9 Å². The molecular formula is C21H26N6O3S. The van der Waals surface area contributed by atoms with Crippen LogP contribution in [0, 0.1) is 0 Å². The van der Waals surface area contributed by atoms with E-state index in [1.54, 1.807) is 39.7 Å². The highest BCUT2D eigenvalue weighted by molar-refractivity contribution is 7.80. The summed E-state index contributed by atoms with van der Waals surface area (Å²) in [5, 5.41) is 3.89. The molecule has 31 heavy (non-hydrogen) atoms. The number of benzene rings is 1. The standard InChI is InChI=1S/C21H26N6O3S/c1-7-26(2)21(31)27(3)18-9-8-14-20(25-18)24-17(12-22-14)23-13-10-15(28-4)19(30-6)16(11-13)29-5/h8-12H,7H2,1-6H3,(H,23,24,25). The molecule has 0 saturated heterocycles. The van der Waals surface area contributed by atoms with Crippen LogP contribution in [0.3, 0.4) is 0 Å². The number of aromatic nitrogens is 3. The largest absolute Gasteiger partial charge is 0.493 e. The van der Waals surface area contributed by atoms with Crippen molar-refractivity contribution in [1.29, 1.82) is 0 Å². The average Bonchev–Trinajstić information content (AvgIpc) is 2.81. The monoisotopic (exact) mass is 442 g/mol. The fourth-order valence-electron chi connectivity index (χ4n) is 2.93. The molecule has 0 atom stereocenters. The summed E-state index contributed by atoms with van der Waals surface area (Å²) >= 11 is 5.51. The highest BCUT2D eigenvalue weighted by atomic mass is 32.1. The summed E-state index contributed by atoms with van der Waals surface area (Å²) in [4.78, 5) is 17.5. The van der Waals surface area contributed by atoms with Gasteiger partial charge in [0.2, 0.25) is 5.75 Å². The zero-order valence-electron chi connectivity index (χ0n) is 18.5. The lowest BCUT2D eigenvalue weighted by molar-refractivity contribution is 0.324. The van der Waals surface area contributed by atoms with Crippen LogP contribution in [0.1, 0.15) is 6.92 Å². The van der Waals surface area contributed by atoms with E-state index in [1.165, 1.54) is 0 Å². The van der Waals surface area contributed by atoms with Crippen LogP contribution in [0.2, 0.25) is 0 Å². The summed E-state index contributed by atoms with van der Waals surface area (Å²) in [6.07, 6.45) is 1.64. The van der Waals surface area contributed by atoms with Crippen molar-refractivity contribution in [2.45, 2.75) is 6.92 Å². The van der Waals surface area contributed by atoms with Gasteiger partial charge in [0.15, 0.2) is 28.1 Å². The number of ether oxygens (including phenoxy) is 3. The molecule has 0 fully saturated rings. The molecule has 1 aromatic carbocycles. The Morgan fingerprint density at radius 2 is 1.71 bits per heavy atom. The number of methoxy groups -OCH3 is 3. The molecule has 0 aliphatic carbocycles. The molecule has 0 aliphatic rings. The lowest BCUT2D eigenvalue weighted by Gasteiger charge is -2.26. The maximum absolute atomic E-state index is 5.51. The predicted molar refractivity (Wildman–Crippen MR) is 126 cm³/mol. The van der Waals surface area contributed by atoms with Crippen molar-refractivity contribution in [3.05, 3.63) is 30.5 Å². The molecule has 164 valence electrons. The van der Waals surface area contributed by atoms with E-state index in [-0.39, 0.29) is 0 Å². The first-order valence-corrected chi connectivity index (χ1v) is 10.0. The third-order valence-electron chi connectivity index (χ3n) is 4.76. The van der Waals surface area contributed by atoms with E-state index in [9.17, 15) is 0 Å². The minimum atomic E-state index is 0.503. The summed E-state index contributed by atoms with van der Waals surface area (Å²) in [5.74, 6) is 2.81. The smallest absolute Gasteiger partial charge is 0.203 e. The number of anilines is 3. The van der Waals surface area contributed by atoms with Crippen molar-refractivity contribution in [3.8, 4) is 17.2 Å². The lowest BCUT2D eigenvalue weighted by atomic mass is 10.2. The van der Waals surface area contributed by atoms with Gasteiger partial charge in [-0.15, -0.1) is 0 Å². The Kier molecular flexibility index (Phi) is 6.91. The first kappa shape index (κ1) is 22.3. The summed E-state index contributed by atoms with van der Waals surface area (Å²) in [6.45, 7) is 2.85. The van der Waals surface area contributed by atoms with Gasteiger partial charge in [0.05, 0.1) is 27.5 Å². The molecule has 0 spiro atoms. The molecule has 9 nitrogen and oxygen atoms in total. The Hall–Kier alpha value is -3.40. The van der Waals surface area contributed by atoms with Crippen molar-refractivity contribution in [1.82, 2.24) is 19.9 Å². The third kappa shape index (κ3) is 4.69. The van der Waals surface area contributed by atoms with Crippen molar-refractivity contribution in [3.63, 3.8) is 0 Å². The average molecular weight is 443 g/mol. The molecule has 3 aromatic rings. The van der Waals surface area contributed by atoms with Gasteiger partial charge in [0.1, 0.15) is 11.3 Å². The molecular weight excluding hydrogens is 416 g/mol. The highest BCUT2D eigenvalue weighted by Gasteiger charge is 2.15. The molecule has 1 N–H and O–H groups in total. The van der Waals surface area contributed by atoms with Gasteiger partial charge in [0.25, 0.3) is 0 Å². The second-order valence-corrected chi connectivity index (χ2v) is 7.03. The predicted octanol–water partition coefficient (Wildman–Crippen LogP) is 3.47. The van der Waals surface area contributed by atoms with Gasteiger partial charge >= 0.3 is 0 Å². The molecule has 0 unspecified atom stereocenters. The minimum Gasteiger partial charge on any atom is -0.493 e. The van der Waals surface area contributed by atoms with Crippen LogP contribution in [0.15, 0.2) is 30.5 Å². The molecule has 2 aromatic heterocycles. The fourth-order valence-corrected chi connectivity index (χ4v) is 3.15. The summed E-state index contributed by atoms with van der Waals surface area (Å²) < 4.78 is 16.2. The summed E-state index contributed by atoms with van der Waals surface area (Å²) in [5.41, 5.74) is 1.90. The van der Waals surface area contributed by atoms with E-state index in [1.807, 2.05) is 43.0 Å². The lowest BCUT2D eigenvalue weighted by Crippen LogP contribution is -2.38. The van der Waals surface area contributed by atoms with E-state index >= 15 is 0 Å². The Bertz CT molecular complexity index is 1070. The molecule has 0 aliphatic heterocycles. The van der Waals surface area contributed by atoms with Crippen LogP contribution >= 0.6 is 12.2 Å². The minimum absolute atomic E-state index is 0.503. The Balaban J connectivity index is 1.93. The van der Waals surface area contributed by atoms with Crippen molar-refractivity contribution < 1.29 is 14.2 Å². The van der Waals surface area contributed by atoms with Crippen molar-refractivity contribution >= 4 is 45.8 Å². The number of nitrogens with one attached hydrogen (secondary N) is 1. The highest BCUT2D eigenvalue weighted by Crippen LogP contribution is 2.40. The van der Waals surface area contributed by atoms with E-state index in [4.69, 9.17) is 26.4 Å². The zero-order chi connectivity index (χ0) is 22.5. The van der Waals surface area contributed by atoms with Gasteiger partial charge in [-0.2, -0.15) is 0 Å². The normalized spacial score (nSPS) is 10.5. The van der Waals surface area contributed by atoms with Gasteiger partial charge in [-0.25, -0.2) is 15.0 Å². The third-order valence-corrected chi connectivity index (χ3v) is 5.35. The van der Waals surface area contributed by atoms with Crippen molar-refractivity contribution in [2.24, 2.45) is 0 Å². The molecule has 2 heterocycles. The molecule has 3 rings (SSSR count). The summed E-state index contributed by atoms with van der Waals surface area (Å²) in [6, 6.07) is 7.34. The van der Waals surface area contributed by atoms with Crippen LogP contribution in [-0.2, 0) is 0 Å². The van der Waals surface area contributed by atoms with E-state index < -0.39 is 0 Å². The number of hydrogen-bond acceptors (Lipinski definition) is 8. The molecule has 0 amide bonds. The number of rotatable bonds is 7. The zero-order valence-corrected chi connectivity index (χ0v) is 19.3. The van der Waals surface area contributed by atoms with Crippen LogP contribution in [0.5, 0.6) is 17.2 Å². The van der Waals surface area contributed by atoms with Gasteiger partial charge in [0, 0.05) is 38.5 Å². The first-order chi connectivity index (χ1) is 14.9. The van der Waals surface area contributed by atoms with Crippen molar-refractivity contribution in [2.75, 3.05) is 52.2 Å². The number of pyridine rings is 1. The Morgan fingerprint density at radius 1 is 1.03 bits per heavy atom. The Morgan fingerprint density at radius 3 is 2.29 bits per heavy atom. The second-order valence-electron chi connectivity index (χ2n) is 6.66.